The molecule has 1 aliphatic rings. The number of hydrogen-bond acceptors (Lipinski definition) is 4. The number of benzene rings is 1. The maximum absolute atomic E-state index is 12.0. The van der Waals surface area contributed by atoms with E-state index in [9.17, 15) is 9.59 Å². The number of likely N-dealkylation sites (N-methyl/N-ethyl adjacent to an activating group) is 1. The van der Waals surface area contributed by atoms with Crippen molar-refractivity contribution in [2.24, 2.45) is 0 Å². The van der Waals surface area contributed by atoms with E-state index in [1.165, 1.54) is 7.05 Å². The van der Waals surface area contributed by atoms with E-state index in [4.69, 9.17) is 4.74 Å². The molecule has 0 radical (unpaired) electrons. The number of carbonyl (C=O) groups excluding carboxylic acids is 2. The summed E-state index contributed by atoms with van der Waals surface area (Å²) in [5.74, 6) is 0.521. The van der Waals surface area contributed by atoms with Gasteiger partial charge in [-0.3, -0.25) is 14.5 Å². The first-order chi connectivity index (χ1) is 11.0. The van der Waals surface area contributed by atoms with Crippen molar-refractivity contribution in [2.75, 3.05) is 14.2 Å². The fraction of sp³-hybridized carbons (Fsp3) is 0.176. The van der Waals surface area contributed by atoms with Gasteiger partial charge < -0.3 is 9.30 Å². The minimum atomic E-state index is -0.264. The predicted octanol–water partition coefficient (Wildman–Crippen LogP) is 3.46. The minimum absolute atomic E-state index is 0.250. The summed E-state index contributed by atoms with van der Waals surface area (Å²) in [6, 6.07) is 11.6. The Labute approximate surface area is 138 Å². The van der Waals surface area contributed by atoms with Gasteiger partial charge in [0.05, 0.1) is 12.0 Å². The summed E-state index contributed by atoms with van der Waals surface area (Å²) >= 11 is 0.961. The molecule has 1 fully saturated rings. The molecule has 1 aromatic carbocycles. The SMILES string of the molecule is COc1ccc(-n2c(C)ccc2/C=C2/SC(=O)N(C)C2=O)cc1. The Morgan fingerprint density at radius 3 is 2.35 bits per heavy atom. The van der Waals surface area contributed by atoms with E-state index in [2.05, 4.69) is 0 Å². The first-order valence-electron chi connectivity index (χ1n) is 7.05. The zero-order chi connectivity index (χ0) is 16.6. The van der Waals surface area contributed by atoms with E-state index in [0.29, 0.717) is 4.91 Å². The lowest BCUT2D eigenvalue weighted by Crippen LogP contribution is -2.22. The molecule has 5 nitrogen and oxygen atoms in total. The van der Waals surface area contributed by atoms with Crippen LogP contribution in [0, 0.1) is 6.92 Å². The van der Waals surface area contributed by atoms with Crippen LogP contribution in [0.2, 0.25) is 0 Å². The van der Waals surface area contributed by atoms with Crippen LogP contribution >= 0.6 is 11.8 Å². The molecule has 3 rings (SSSR count). The number of thioether (sulfide) groups is 1. The zero-order valence-corrected chi connectivity index (χ0v) is 13.9. The highest BCUT2D eigenvalue weighted by Gasteiger charge is 2.32. The number of aryl methyl sites for hydroxylation is 1. The standard InChI is InChI=1S/C17H16N2O3S/c1-11-4-5-13(10-15-16(20)18(2)17(21)23-15)19(11)12-6-8-14(22-3)9-7-12/h4-10H,1-3H3/b15-10+. The van der Waals surface area contributed by atoms with Crippen LogP contribution in [-0.4, -0.2) is 34.8 Å². The number of imide groups is 1. The molecule has 23 heavy (non-hydrogen) atoms. The van der Waals surface area contributed by atoms with Gasteiger partial charge in [-0.25, -0.2) is 0 Å². The quantitative estimate of drug-likeness (QED) is 0.810. The number of aromatic nitrogens is 1. The van der Waals surface area contributed by atoms with Gasteiger partial charge in [0.1, 0.15) is 5.75 Å². The average molecular weight is 328 g/mol. The van der Waals surface area contributed by atoms with E-state index >= 15 is 0 Å². The molecule has 0 N–H and O–H groups in total. The monoisotopic (exact) mass is 328 g/mol. The Morgan fingerprint density at radius 2 is 1.78 bits per heavy atom. The Hall–Kier alpha value is -2.47. The highest BCUT2D eigenvalue weighted by atomic mass is 32.2. The van der Waals surface area contributed by atoms with Gasteiger partial charge in [-0.05, 0) is 61.2 Å². The number of ether oxygens (including phenoxy) is 1. The summed E-state index contributed by atoms with van der Waals surface area (Å²) in [7, 11) is 3.12. The molecule has 0 bridgehead atoms. The lowest BCUT2D eigenvalue weighted by atomic mass is 10.2. The maximum Gasteiger partial charge on any atom is 0.293 e. The van der Waals surface area contributed by atoms with E-state index in [-0.39, 0.29) is 11.1 Å². The van der Waals surface area contributed by atoms with Crippen molar-refractivity contribution in [1.29, 1.82) is 0 Å². The van der Waals surface area contributed by atoms with Crippen molar-refractivity contribution < 1.29 is 14.3 Å². The Balaban J connectivity index is 2.02. The van der Waals surface area contributed by atoms with Crippen molar-refractivity contribution >= 4 is 29.0 Å². The van der Waals surface area contributed by atoms with Gasteiger partial charge >= 0.3 is 0 Å². The zero-order valence-electron chi connectivity index (χ0n) is 13.1. The third-order valence-electron chi connectivity index (χ3n) is 3.70. The van der Waals surface area contributed by atoms with E-state index < -0.39 is 0 Å². The molecule has 2 aromatic rings. The molecule has 6 heteroatoms. The number of rotatable bonds is 3. The van der Waals surface area contributed by atoms with Crippen LogP contribution in [0.25, 0.3) is 11.8 Å². The second-order valence-electron chi connectivity index (χ2n) is 5.17. The van der Waals surface area contributed by atoms with Crippen molar-refractivity contribution in [3.63, 3.8) is 0 Å². The average Bonchev–Trinajstić information content (AvgIpc) is 3.03. The number of amides is 2. The summed E-state index contributed by atoms with van der Waals surface area (Å²) < 4.78 is 7.21. The van der Waals surface area contributed by atoms with Crippen LogP contribution in [0.15, 0.2) is 41.3 Å². The van der Waals surface area contributed by atoms with Crippen molar-refractivity contribution in [2.45, 2.75) is 6.92 Å². The molecular weight excluding hydrogens is 312 g/mol. The van der Waals surface area contributed by atoms with Crippen LogP contribution in [0.4, 0.5) is 4.79 Å². The summed E-state index contributed by atoms with van der Waals surface area (Å²) in [5, 5.41) is -0.250. The van der Waals surface area contributed by atoms with Gasteiger partial charge in [-0.2, -0.15) is 0 Å². The van der Waals surface area contributed by atoms with Gasteiger partial charge in [0, 0.05) is 24.1 Å². The minimum Gasteiger partial charge on any atom is -0.497 e. The molecule has 0 spiro atoms. The number of methoxy groups -OCH3 is 1. The topological polar surface area (TPSA) is 51.5 Å². The van der Waals surface area contributed by atoms with Crippen LogP contribution in [0.3, 0.4) is 0 Å². The molecule has 0 aliphatic carbocycles. The van der Waals surface area contributed by atoms with Gasteiger partial charge in [-0.1, -0.05) is 0 Å². The highest BCUT2D eigenvalue weighted by Crippen LogP contribution is 2.32. The van der Waals surface area contributed by atoms with Crippen molar-refractivity contribution in [3.05, 3.63) is 52.7 Å². The first-order valence-corrected chi connectivity index (χ1v) is 7.87. The summed E-state index contributed by atoms with van der Waals surface area (Å²) in [4.78, 5) is 25.2. The summed E-state index contributed by atoms with van der Waals surface area (Å²) in [6.07, 6.45) is 1.76. The maximum atomic E-state index is 12.0. The Morgan fingerprint density at radius 1 is 1.09 bits per heavy atom. The fourth-order valence-corrected chi connectivity index (χ4v) is 3.25. The molecule has 0 atom stereocenters. The van der Waals surface area contributed by atoms with Gasteiger partial charge in [0.25, 0.3) is 11.1 Å². The fourth-order valence-electron chi connectivity index (χ4n) is 2.44. The number of nitrogens with zero attached hydrogens (tertiary/aromatic N) is 2. The Kier molecular flexibility index (Phi) is 4.00. The third-order valence-corrected chi connectivity index (χ3v) is 4.66. The molecule has 0 unspecified atom stereocenters. The third kappa shape index (κ3) is 2.77. The predicted molar refractivity (Wildman–Crippen MR) is 90.8 cm³/mol. The van der Waals surface area contributed by atoms with E-state index in [0.717, 1.165) is 39.5 Å². The van der Waals surface area contributed by atoms with Crippen LogP contribution in [0.5, 0.6) is 5.75 Å². The van der Waals surface area contributed by atoms with Crippen LogP contribution < -0.4 is 4.74 Å². The molecule has 1 aliphatic heterocycles. The molecule has 2 amide bonds. The smallest absolute Gasteiger partial charge is 0.293 e. The highest BCUT2D eigenvalue weighted by molar-refractivity contribution is 8.18. The molecular formula is C17H16N2O3S. The first kappa shape index (κ1) is 15.4. The summed E-state index contributed by atoms with van der Waals surface area (Å²) in [5.41, 5.74) is 2.86. The Bertz CT molecular complexity index is 806. The van der Waals surface area contributed by atoms with Gasteiger partial charge in [-0.15, -0.1) is 0 Å². The van der Waals surface area contributed by atoms with Crippen molar-refractivity contribution in [1.82, 2.24) is 9.47 Å². The van der Waals surface area contributed by atoms with E-state index in [1.54, 1.807) is 13.2 Å². The second kappa shape index (κ2) is 5.96. The van der Waals surface area contributed by atoms with Gasteiger partial charge in [0.2, 0.25) is 0 Å². The second-order valence-corrected chi connectivity index (χ2v) is 6.17. The lowest BCUT2D eigenvalue weighted by molar-refractivity contribution is -0.121. The van der Waals surface area contributed by atoms with Crippen molar-refractivity contribution in [3.8, 4) is 11.4 Å². The normalized spacial score (nSPS) is 16.5. The van der Waals surface area contributed by atoms with Crippen LogP contribution in [-0.2, 0) is 4.79 Å². The van der Waals surface area contributed by atoms with Crippen LogP contribution in [0.1, 0.15) is 11.4 Å². The molecule has 0 saturated carbocycles. The van der Waals surface area contributed by atoms with E-state index in [1.807, 2.05) is 47.9 Å². The van der Waals surface area contributed by atoms with Gasteiger partial charge in [0.15, 0.2) is 0 Å². The molecule has 1 aromatic heterocycles. The largest absolute Gasteiger partial charge is 0.497 e. The lowest BCUT2D eigenvalue weighted by Gasteiger charge is -2.11. The number of hydrogen-bond donors (Lipinski definition) is 0. The molecule has 2 heterocycles. The summed E-state index contributed by atoms with van der Waals surface area (Å²) in [6.45, 7) is 1.99. The molecule has 118 valence electrons. The number of carbonyl (C=O) groups is 2. The molecule has 1 saturated heterocycles.